The molecule has 0 radical (unpaired) electrons. The lowest BCUT2D eigenvalue weighted by Gasteiger charge is -2.09. The number of benzene rings is 1. The molecule has 0 saturated carbocycles. The van der Waals surface area contributed by atoms with E-state index in [1.807, 2.05) is 43.5 Å². The highest BCUT2D eigenvalue weighted by Crippen LogP contribution is 2.21. The van der Waals surface area contributed by atoms with Crippen LogP contribution in [0, 0.1) is 18.8 Å². The Hall–Kier alpha value is -2.09. The van der Waals surface area contributed by atoms with E-state index >= 15 is 0 Å². The molecule has 1 aromatic carbocycles. The number of thiophene rings is 1. The Bertz CT molecular complexity index is 707. The summed E-state index contributed by atoms with van der Waals surface area (Å²) in [5.74, 6) is 5.36. The first-order chi connectivity index (χ1) is 10.2. The average Bonchev–Trinajstić information content (AvgIpc) is 2.96. The first kappa shape index (κ1) is 15.3. The van der Waals surface area contributed by atoms with Crippen LogP contribution in [0.15, 0.2) is 29.6 Å². The van der Waals surface area contributed by atoms with Crippen molar-refractivity contribution in [1.29, 1.82) is 0 Å². The molecule has 21 heavy (non-hydrogen) atoms. The molecule has 0 fully saturated rings. The molecule has 2 rings (SSSR count). The van der Waals surface area contributed by atoms with Gasteiger partial charge in [0.15, 0.2) is 0 Å². The van der Waals surface area contributed by atoms with Crippen LogP contribution < -0.4 is 5.32 Å². The maximum Gasteiger partial charge on any atom is 0.266 e. The van der Waals surface area contributed by atoms with Crippen LogP contribution in [0.4, 0.5) is 5.69 Å². The van der Waals surface area contributed by atoms with Crippen molar-refractivity contribution in [2.24, 2.45) is 0 Å². The normalized spacial score (nSPS) is 9.86. The number of aryl methyl sites for hydroxylation is 2. The van der Waals surface area contributed by atoms with Crippen LogP contribution in [-0.4, -0.2) is 17.6 Å². The zero-order valence-corrected chi connectivity index (χ0v) is 12.9. The first-order valence-electron chi connectivity index (χ1n) is 6.73. The molecule has 2 N–H and O–H groups in total. The summed E-state index contributed by atoms with van der Waals surface area (Å²) in [7, 11) is 0. The summed E-state index contributed by atoms with van der Waals surface area (Å²) < 4.78 is 0. The Morgan fingerprint density at radius 1 is 1.38 bits per heavy atom. The summed E-state index contributed by atoms with van der Waals surface area (Å²) in [5, 5.41) is 13.6. The van der Waals surface area contributed by atoms with Crippen molar-refractivity contribution in [3.05, 3.63) is 51.2 Å². The zero-order valence-electron chi connectivity index (χ0n) is 12.1. The van der Waals surface area contributed by atoms with Gasteiger partial charge in [-0.25, -0.2) is 0 Å². The molecule has 0 atom stereocenters. The SMILES string of the molecule is CCc1ccsc1C(=O)Nc1cc(C#CCO)ccc1C. The van der Waals surface area contributed by atoms with E-state index in [9.17, 15) is 4.79 Å². The van der Waals surface area contributed by atoms with E-state index in [2.05, 4.69) is 17.2 Å². The van der Waals surface area contributed by atoms with Crippen molar-refractivity contribution in [2.45, 2.75) is 20.3 Å². The van der Waals surface area contributed by atoms with Crippen molar-refractivity contribution >= 4 is 22.9 Å². The molecule has 0 unspecified atom stereocenters. The van der Waals surface area contributed by atoms with E-state index in [-0.39, 0.29) is 12.5 Å². The summed E-state index contributed by atoms with van der Waals surface area (Å²) in [5.41, 5.74) is 3.56. The molecule has 0 aliphatic heterocycles. The number of carbonyl (C=O) groups excluding carboxylic acids is 1. The van der Waals surface area contributed by atoms with Gasteiger partial charge in [-0.3, -0.25) is 4.79 Å². The van der Waals surface area contributed by atoms with Gasteiger partial charge in [0.25, 0.3) is 5.91 Å². The highest BCUT2D eigenvalue weighted by molar-refractivity contribution is 7.12. The number of rotatable bonds is 3. The summed E-state index contributed by atoms with van der Waals surface area (Å²) in [4.78, 5) is 13.1. The van der Waals surface area contributed by atoms with Gasteiger partial charge in [-0.15, -0.1) is 11.3 Å². The van der Waals surface area contributed by atoms with Crippen molar-refractivity contribution in [2.75, 3.05) is 11.9 Å². The number of aliphatic hydroxyl groups excluding tert-OH is 1. The number of carbonyl (C=O) groups is 1. The number of hydrogen-bond donors (Lipinski definition) is 2. The second kappa shape index (κ2) is 7.07. The quantitative estimate of drug-likeness (QED) is 0.855. The number of nitrogens with one attached hydrogen (secondary N) is 1. The Morgan fingerprint density at radius 3 is 2.90 bits per heavy atom. The predicted molar refractivity (Wildman–Crippen MR) is 86.8 cm³/mol. The van der Waals surface area contributed by atoms with Gasteiger partial charge >= 0.3 is 0 Å². The van der Waals surface area contributed by atoms with Crippen molar-refractivity contribution in [3.8, 4) is 11.8 Å². The molecule has 1 heterocycles. The predicted octanol–water partition coefficient (Wildman–Crippen LogP) is 3.22. The summed E-state index contributed by atoms with van der Waals surface area (Å²) in [6.45, 7) is 3.80. The lowest BCUT2D eigenvalue weighted by Crippen LogP contribution is -2.13. The van der Waals surface area contributed by atoms with Gasteiger partial charge in [-0.05, 0) is 48.1 Å². The van der Waals surface area contributed by atoms with Gasteiger partial charge in [-0.2, -0.15) is 0 Å². The largest absolute Gasteiger partial charge is 0.384 e. The van der Waals surface area contributed by atoms with Crippen molar-refractivity contribution in [3.63, 3.8) is 0 Å². The molecule has 2 aromatic rings. The van der Waals surface area contributed by atoms with Crippen LogP contribution in [0.5, 0.6) is 0 Å². The van der Waals surface area contributed by atoms with Gasteiger partial charge < -0.3 is 10.4 Å². The van der Waals surface area contributed by atoms with Gasteiger partial charge in [0.1, 0.15) is 6.61 Å². The molecule has 1 amide bonds. The van der Waals surface area contributed by atoms with Gasteiger partial charge in [-0.1, -0.05) is 24.8 Å². The molecule has 0 spiro atoms. The fourth-order valence-corrected chi connectivity index (χ4v) is 2.86. The average molecular weight is 299 g/mol. The van der Waals surface area contributed by atoms with E-state index in [1.54, 1.807) is 0 Å². The Labute approximate surface area is 128 Å². The van der Waals surface area contributed by atoms with Crippen LogP contribution >= 0.6 is 11.3 Å². The van der Waals surface area contributed by atoms with Gasteiger partial charge in [0.2, 0.25) is 0 Å². The highest BCUT2D eigenvalue weighted by Gasteiger charge is 2.13. The molecule has 108 valence electrons. The van der Waals surface area contributed by atoms with E-state index in [1.165, 1.54) is 11.3 Å². The minimum atomic E-state index is -0.176. The Kier molecular flexibility index (Phi) is 5.15. The summed E-state index contributed by atoms with van der Waals surface area (Å²) >= 11 is 1.45. The van der Waals surface area contributed by atoms with Crippen LogP contribution in [0.25, 0.3) is 0 Å². The Balaban J connectivity index is 2.24. The van der Waals surface area contributed by atoms with Crippen LogP contribution in [0.2, 0.25) is 0 Å². The highest BCUT2D eigenvalue weighted by atomic mass is 32.1. The molecule has 0 saturated heterocycles. The fourth-order valence-electron chi connectivity index (χ4n) is 1.97. The van der Waals surface area contributed by atoms with Crippen LogP contribution in [-0.2, 0) is 6.42 Å². The van der Waals surface area contributed by atoms with E-state index < -0.39 is 0 Å². The maximum absolute atomic E-state index is 12.4. The van der Waals surface area contributed by atoms with Gasteiger partial charge in [0, 0.05) is 11.3 Å². The summed E-state index contributed by atoms with van der Waals surface area (Å²) in [6.07, 6.45) is 0.841. The number of hydrogen-bond acceptors (Lipinski definition) is 3. The fraction of sp³-hybridized carbons (Fsp3) is 0.235. The molecule has 1 aromatic heterocycles. The molecule has 0 aliphatic rings. The molecule has 0 aliphatic carbocycles. The minimum Gasteiger partial charge on any atom is -0.384 e. The third kappa shape index (κ3) is 3.72. The van der Waals surface area contributed by atoms with E-state index in [0.29, 0.717) is 0 Å². The first-order valence-corrected chi connectivity index (χ1v) is 7.61. The van der Waals surface area contributed by atoms with E-state index in [4.69, 9.17) is 5.11 Å². The zero-order chi connectivity index (χ0) is 15.2. The van der Waals surface area contributed by atoms with Crippen molar-refractivity contribution in [1.82, 2.24) is 0 Å². The monoisotopic (exact) mass is 299 g/mol. The van der Waals surface area contributed by atoms with Crippen LogP contribution in [0.3, 0.4) is 0 Å². The topological polar surface area (TPSA) is 49.3 Å². The number of anilines is 1. The maximum atomic E-state index is 12.4. The smallest absolute Gasteiger partial charge is 0.266 e. The lowest BCUT2D eigenvalue weighted by atomic mass is 10.1. The molecule has 4 heteroatoms. The molecule has 3 nitrogen and oxygen atoms in total. The number of aliphatic hydroxyl groups is 1. The van der Waals surface area contributed by atoms with Crippen molar-refractivity contribution < 1.29 is 9.90 Å². The second-order valence-electron chi connectivity index (χ2n) is 4.57. The number of amides is 1. The minimum absolute atomic E-state index is 0.0859. The third-order valence-corrected chi connectivity index (χ3v) is 4.09. The van der Waals surface area contributed by atoms with E-state index in [0.717, 1.165) is 33.7 Å². The van der Waals surface area contributed by atoms with Gasteiger partial charge in [0.05, 0.1) is 4.88 Å². The standard InChI is InChI=1S/C17H17NO2S/c1-3-14-8-10-21-16(14)17(20)18-15-11-13(5-4-9-19)7-6-12(15)2/h6-8,10-11,19H,3,9H2,1-2H3,(H,18,20). The Morgan fingerprint density at radius 2 is 2.19 bits per heavy atom. The molecule has 0 bridgehead atoms. The third-order valence-electron chi connectivity index (χ3n) is 3.13. The van der Waals surface area contributed by atoms with Crippen LogP contribution in [0.1, 0.15) is 33.3 Å². The second-order valence-corrected chi connectivity index (χ2v) is 5.49. The lowest BCUT2D eigenvalue weighted by molar-refractivity contribution is 0.102. The summed E-state index contributed by atoms with van der Waals surface area (Å²) in [6, 6.07) is 7.59. The molecular formula is C17H17NO2S. The molecular weight excluding hydrogens is 282 g/mol.